The van der Waals surface area contributed by atoms with Gasteiger partial charge in [0.15, 0.2) is 0 Å². The Morgan fingerprint density at radius 2 is 2.33 bits per heavy atom. The number of carbonyl (C=O) groups is 2. The molecule has 2 aromatic rings. The van der Waals surface area contributed by atoms with Gasteiger partial charge in [0.25, 0.3) is 5.91 Å². The second kappa shape index (κ2) is 7.28. The van der Waals surface area contributed by atoms with Crippen molar-refractivity contribution >= 4 is 35.3 Å². The van der Waals surface area contributed by atoms with Gasteiger partial charge in [0.05, 0.1) is 16.3 Å². The lowest BCUT2D eigenvalue weighted by molar-refractivity contribution is -0.112. The van der Waals surface area contributed by atoms with Crippen LogP contribution in [0.5, 0.6) is 0 Å². The van der Waals surface area contributed by atoms with Gasteiger partial charge < -0.3 is 21.0 Å². The standard InChI is InChI=1S/C18H20ClFN4O3/c1-24-16(21)14(17(26)22-11-2-3-13(20)12(19)8-11)15(23-24)10-4-5-18(27,9-10)6-7-25/h2-3,7-8,10,27H,4-6,9,21H2,1H3,(H,22,26). The third kappa shape index (κ3) is 3.81. The highest BCUT2D eigenvalue weighted by atomic mass is 35.5. The first kappa shape index (κ1) is 19.3. The summed E-state index contributed by atoms with van der Waals surface area (Å²) in [6, 6.07) is 3.85. The minimum atomic E-state index is -1.09. The molecule has 1 aliphatic carbocycles. The number of aliphatic hydroxyl groups is 1. The first-order valence-electron chi connectivity index (χ1n) is 8.49. The molecule has 7 nitrogen and oxygen atoms in total. The van der Waals surface area contributed by atoms with Crippen molar-refractivity contribution in [2.75, 3.05) is 11.1 Å². The van der Waals surface area contributed by atoms with Crippen molar-refractivity contribution in [3.63, 3.8) is 0 Å². The zero-order valence-electron chi connectivity index (χ0n) is 14.7. The van der Waals surface area contributed by atoms with Gasteiger partial charge >= 0.3 is 0 Å². The van der Waals surface area contributed by atoms with Gasteiger partial charge in [0.2, 0.25) is 0 Å². The van der Waals surface area contributed by atoms with Gasteiger partial charge in [-0.1, -0.05) is 11.6 Å². The smallest absolute Gasteiger partial charge is 0.261 e. The fourth-order valence-corrected chi connectivity index (χ4v) is 3.70. The summed E-state index contributed by atoms with van der Waals surface area (Å²) < 4.78 is 14.7. The first-order valence-corrected chi connectivity index (χ1v) is 8.86. The number of aryl methyl sites for hydroxylation is 1. The Bertz CT molecular complexity index is 901. The quantitative estimate of drug-likeness (QED) is 0.675. The van der Waals surface area contributed by atoms with Crippen LogP contribution in [-0.4, -0.2) is 32.7 Å². The van der Waals surface area contributed by atoms with Crippen LogP contribution in [-0.2, 0) is 11.8 Å². The molecule has 1 aromatic heterocycles. The van der Waals surface area contributed by atoms with Crippen LogP contribution in [0.1, 0.15) is 47.7 Å². The number of anilines is 2. The molecule has 144 valence electrons. The maximum Gasteiger partial charge on any atom is 0.261 e. The van der Waals surface area contributed by atoms with E-state index < -0.39 is 17.3 Å². The van der Waals surface area contributed by atoms with Crippen LogP contribution < -0.4 is 11.1 Å². The number of aldehydes is 1. The van der Waals surface area contributed by atoms with E-state index in [1.165, 1.54) is 16.8 Å². The van der Waals surface area contributed by atoms with E-state index in [1.54, 1.807) is 7.05 Å². The SMILES string of the molecule is Cn1nc(C2CCC(O)(CC=O)C2)c(C(=O)Nc2ccc(F)c(Cl)c2)c1N. The first-order chi connectivity index (χ1) is 12.7. The molecule has 4 N–H and O–H groups in total. The average molecular weight is 395 g/mol. The molecule has 1 aliphatic rings. The number of hydrogen-bond acceptors (Lipinski definition) is 5. The van der Waals surface area contributed by atoms with E-state index in [0.29, 0.717) is 36.9 Å². The summed E-state index contributed by atoms with van der Waals surface area (Å²) in [6.45, 7) is 0. The molecule has 1 aromatic carbocycles. The van der Waals surface area contributed by atoms with Gasteiger partial charge in [0.1, 0.15) is 23.5 Å². The number of halogens is 2. The number of benzene rings is 1. The summed E-state index contributed by atoms with van der Waals surface area (Å²) in [6.07, 6.45) is 2.10. The minimum absolute atomic E-state index is 0.0431. The second-order valence-corrected chi connectivity index (χ2v) is 7.29. The molecule has 1 saturated carbocycles. The average Bonchev–Trinajstić information content (AvgIpc) is 3.12. The van der Waals surface area contributed by atoms with Crippen LogP contribution in [0.3, 0.4) is 0 Å². The molecular weight excluding hydrogens is 375 g/mol. The molecule has 0 aliphatic heterocycles. The number of nitrogens with two attached hydrogens (primary N) is 1. The number of nitrogens with one attached hydrogen (secondary N) is 1. The van der Waals surface area contributed by atoms with E-state index in [2.05, 4.69) is 10.4 Å². The molecule has 0 saturated heterocycles. The monoisotopic (exact) mass is 394 g/mol. The van der Waals surface area contributed by atoms with Crippen molar-refractivity contribution in [1.82, 2.24) is 9.78 Å². The van der Waals surface area contributed by atoms with Gasteiger partial charge in [-0.25, -0.2) is 4.39 Å². The molecule has 27 heavy (non-hydrogen) atoms. The molecular formula is C18H20ClFN4O3. The van der Waals surface area contributed by atoms with E-state index in [4.69, 9.17) is 17.3 Å². The summed E-state index contributed by atoms with van der Waals surface area (Å²) in [7, 11) is 1.62. The predicted octanol–water partition coefficient (Wildman–Crippen LogP) is 2.63. The lowest BCUT2D eigenvalue weighted by atomic mass is 9.94. The number of amides is 1. The molecule has 1 heterocycles. The Kier molecular flexibility index (Phi) is 5.21. The molecule has 1 amide bonds. The maximum atomic E-state index is 13.3. The van der Waals surface area contributed by atoms with Crippen molar-refractivity contribution < 1.29 is 19.1 Å². The van der Waals surface area contributed by atoms with Crippen LogP contribution in [0.15, 0.2) is 18.2 Å². The summed E-state index contributed by atoms with van der Waals surface area (Å²) in [5, 5.41) is 17.4. The van der Waals surface area contributed by atoms with Crippen molar-refractivity contribution in [2.24, 2.45) is 7.05 Å². The summed E-state index contributed by atoms with van der Waals surface area (Å²) >= 11 is 5.75. The van der Waals surface area contributed by atoms with E-state index >= 15 is 0 Å². The molecule has 1 fully saturated rings. The summed E-state index contributed by atoms with van der Waals surface area (Å²) in [5.74, 6) is -1.10. The van der Waals surface area contributed by atoms with Crippen molar-refractivity contribution in [2.45, 2.75) is 37.2 Å². The largest absolute Gasteiger partial charge is 0.389 e. The van der Waals surface area contributed by atoms with Gasteiger partial charge in [0, 0.05) is 25.1 Å². The Morgan fingerprint density at radius 1 is 1.59 bits per heavy atom. The van der Waals surface area contributed by atoms with E-state index in [0.717, 1.165) is 6.07 Å². The van der Waals surface area contributed by atoms with Crippen molar-refractivity contribution in [3.05, 3.63) is 40.3 Å². The Labute approximate surface area is 160 Å². The number of rotatable bonds is 5. The summed E-state index contributed by atoms with van der Waals surface area (Å²) in [4.78, 5) is 23.6. The Hall–Kier alpha value is -2.45. The van der Waals surface area contributed by atoms with Crippen molar-refractivity contribution in [3.8, 4) is 0 Å². The lowest BCUT2D eigenvalue weighted by Crippen LogP contribution is -2.25. The topological polar surface area (TPSA) is 110 Å². The number of carbonyl (C=O) groups excluding carboxylic acids is 2. The zero-order chi connectivity index (χ0) is 19.8. The molecule has 3 rings (SSSR count). The van der Waals surface area contributed by atoms with Gasteiger partial charge in [-0.05, 0) is 37.5 Å². The minimum Gasteiger partial charge on any atom is -0.389 e. The molecule has 0 radical (unpaired) electrons. The van der Waals surface area contributed by atoms with Crippen LogP contribution >= 0.6 is 11.6 Å². The maximum absolute atomic E-state index is 13.3. The highest BCUT2D eigenvalue weighted by Crippen LogP contribution is 2.43. The second-order valence-electron chi connectivity index (χ2n) is 6.89. The third-order valence-electron chi connectivity index (χ3n) is 4.96. The van der Waals surface area contributed by atoms with Crippen LogP contribution in [0.4, 0.5) is 15.9 Å². The lowest BCUT2D eigenvalue weighted by Gasteiger charge is -2.19. The van der Waals surface area contributed by atoms with E-state index in [1.807, 2.05) is 0 Å². The number of nitrogen functional groups attached to an aromatic ring is 1. The fourth-order valence-electron chi connectivity index (χ4n) is 3.52. The predicted molar refractivity (Wildman–Crippen MR) is 99.2 cm³/mol. The fraction of sp³-hybridized carbons (Fsp3) is 0.389. The van der Waals surface area contributed by atoms with Crippen LogP contribution in [0.2, 0.25) is 5.02 Å². The normalized spacial score (nSPS) is 22.0. The highest BCUT2D eigenvalue weighted by Gasteiger charge is 2.40. The Balaban J connectivity index is 1.88. The van der Waals surface area contributed by atoms with Crippen molar-refractivity contribution in [1.29, 1.82) is 0 Å². The van der Waals surface area contributed by atoms with Crippen LogP contribution in [0, 0.1) is 5.82 Å². The molecule has 2 unspecified atom stereocenters. The molecule has 0 spiro atoms. The molecule has 9 heteroatoms. The third-order valence-corrected chi connectivity index (χ3v) is 5.25. The van der Waals surface area contributed by atoms with E-state index in [-0.39, 0.29) is 28.7 Å². The molecule has 2 atom stereocenters. The number of hydrogen-bond donors (Lipinski definition) is 3. The van der Waals surface area contributed by atoms with Gasteiger partial charge in [-0.15, -0.1) is 0 Å². The number of nitrogens with zero attached hydrogens (tertiary/aromatic N) is 2. The summed E-state index contributed by atoms with van der Waals surface area (Å²) in [5.41, 5.74) is 5.96. The Morgan fingerprint density at radius 3 is 3.00 bits per heavy atom. The van der Waals surface area contributed by atoms with Gasteiger partial charge in [-0.2, -0.15) is 5.10 Å². The van der Waals surface area contributed by atoms with E-state index in [9.17, 15) is 19.1 Å². The number of aromatic nitrogens is 2. The van der Waals surface area contributed by atoms with Crippen LogP contribution in [0.25, 0.3) is 0 Å². The zero-order valence-corrected chi connectivity index (χ0v) is 15.5. The van der Waals surface area contributed by atoms with Gasteiger partial charge in [-0.3, -0.25) is 9.48 Å². The highest BCUT2D eigenvalue weighted by molar-refractivity contribution is 6.31. The molecule has 0 bridgehead atoms.